The summed E-state index contributed by atoms with van der Waals surface area (Å²) in [4.78, 5) is 6.73. The first-order valence-corrected chi connectivity index (χ1v) is 7.40. The number of rotatable bonds is 2. The molecule has 2 heterocycles. The third-order valence-corrected chi connectivity index (χ3v) is 4.64. The van der Waals surface area contributed by atoms with Crippen molar-refractivity contribution < 1.29 is 4.39 Å². The largest absolute Gasteiger partial charge is 0.353 e. The zero-order chi connectivity index (χ0) is 13.2. The number of halogens is 1. The molecule has 2 unspecified atom stereocenters. The van der Waals surface area contributed by atoms with E-state index >= 15 is 0 Å². The zero-order valence-electron chi connectivity index (χ0n) is 11.3. The number of nitrogens with two attached hydrogens (primary N) is 1. The summed E-state index contributed by atoms with van der Waals surface area (Å²) in [5, 5.41) is 0. The minimum absolute atomic E-state index is 0.290. The summed E-state index contributed by atoms with van der Waals surface area (Å²) >= 11 is 0. The molecule has 1 saturated carbocycles. The van der Waals surface area contributed by atoms with Crippen LogP contribution in [0, 0.1) is 11.7 Å². The van der Waals surface area contributed by atoms with Gasteiger partial charge in [0.25, 0.3) is 0 Å². The maximum absolute atomic E-state index is 13.3. The number of pyridine rings is 1. The van der Waals surface area contributed by atoms with Crippen LogP contribution in [0.25, 0.3) is 0 Å². The van der Waals surface area contributed by atoms with Crippen LogP contribution in [0.1, 0.15) is 44.1 Å². The van der Waals surface area contributed by atoms with E-state index in [4.69, 9.17) is 5.73 Å². The molecule has 1 saturated heterocycles. The molecule has 2 atom stereocenters. The van der Waals surface area contributed by atoms with Crippen molar-refractivity contribution >= 4 is 5.82 Å². The lowest BCUT2D eigenvalue weighted by molar-refractivity contribution is 0.242. The van der Waals surface area contributed by atoms with Gasteiger partial charge in [0, 0.05) is 24.7 Å². The van der Waals surface area contributed by atoms with Gasteiger partial charge < -0.3 is 10.6 Å². The molecule has 0 spiro atoms. The van der Waals surface area contributed by atoms with Crippen molar-refractivity contribution in [2.24, 2.45) is 11.7 Å². The Balaban J connectivity index is 1.91. The van der Waals surface area contributed by atoms with Crippen molar-refractivity contribution in [1.29, 1.82) is 0 Å². The van der Waals surface area contributed by atoms with Crippen LogP contribution in [-0.2, 0) is 6.54 Å². The monoisotopic (exact) mass is 263 g/mol. The number of aromatic nitrogens is 1. The molecule has 1 aromatic rings. The van der Waals surface area contributed by atoms with Crippen LogP contribution in [-0.4, -0.2) is 17.6 Å². The molecule has 2 fully saturated rings. The van der Waals surface area contributed by atoms with Gasteiger partial charge in [-0.1, -0.05) is 12.8 Å². The molecular formula is C15H22FN3. The van der Waals surface area contributed by atoms with E-state index in [1.165, 1.54) is 50.8 Å². The molecule has 0 amide bonds. The molecule has 0 aromatic carbocycles. The van der Waals surface area contributed by atoms with Crippen molar-refractivity contribution in [2.45, 2.75) is 51.1 Å². The smallest absolute Gasteiger partial charge is 0.141 e. The van der Waals surface area contributed by atoms with E-state index in [0.717, 1.165) is 23.8 Å². The Morgan fingerprint density at radius 3 is 2.89 bits per heavy atom. The molecular weight excluding hydrogens is 241 g/mol. The number of hydrogen-bond acceptors (Lipinski definition) is 3. The maximum atomic E-state index is 13.3. The Morgan fingerprint density at radius 1 is 1.26 bits per heavy atom. The molecule has 0 radical (unpaired) electrons. The minimum Gasteiger partial charge on any atom is -0.353 e. The Bertz CT molecular complexity index is 447. The highest BCUT2D eigenvalue weighted by Crippen LogP contribution is 2.38. The van der Waals surface area contributed by atoms with Crippen molar-refractivity contribution in [3.8, 4) is 0 Å². The van der Waals surface area contributed by atoms with E-state index in [1.807, 2.05) is 0 Å². The third kappa shape index (κ3) is 2.46. The van der Waals surface area contributed by atoms with Crippen LogP contribution in [0.15, 0.2) is 12.3 Å². The van der Waals surface area contributed by atoms with Gasteiger partial charge in [0.1, 0.15) is 11.6 Å². The first-order chi connectivity index (χ1) is 9.29. The Labute approximate surface area is 114 Å². The molecule has 4 heteroatoms. The van der Waals surface area contributed by atoms with Gasteiger partial charge in [-0.3, -0.25) is 0 Å². The summed E-state index contributed by atoms with van der Waals surface area (Å²) in [5.74, 6) is 1.42. The van der Waals surface area contributed by atoms with Gasteiger partial charge in [0.2, 0.25) is 0 Å². The lowest BCUT2D eigenvalue weighted by atomic mass is 9.78. The highest BCUT2D eigenvalue weighted by atomic mass is 19.1. The highest BCUT2D eigenvalue weighted by molar-refractivity contribution is 5.48. The fourth-order valence-corrected chi connectivity index (χ4v) is 3.77. The Morgan fingerprint density at radius 2 is 2.05 bits per heavy atom. The molecule has 1 aliphatic carbocycles. The van der Waals surface area contributed by atoms with E-state index in [0.29, 0.717) is 12.6 Å². The summed E-state index contributed by atoms with van der Waals surface area (Å²) in [7, 11) is 0. The van der Waals surface area contributed by atoms with Crippen molar-refractivity contribution in [2.75, 3.05) is 11.4 Å². The fourth-order valence-electron chi connectivity index (χ4n) is 3.77. The van der Waals surface area contributed by atoms with E-state index in [1.54, 1.807) is 0 Å². The Hall–Kier alpha value is -1.16. The molecule has 1 aromatic heterocycles. The summed E-state index contributed by atoms with van der Waals surface area (Å²) in [5.41, 5.74) is 6.60. The second-order valence-corrected chi connectivity index (χ2v) is 5.79. The normalized spacial score (nSPS) is 27.2. The average molecular weight is 263 g/mol. The van der Waals surface area contributed by atoms with Crippen LogP contribution in [0.3, 0.4) is 0 Å². The molecule has 2 N–H and O–H groups in total. The molecule has 2 aliphatic rings. The predicted molar refractivity (Wildman–Crippen MR) is 74.4 cm³/mol. The molecule has 3 rings (SSSR count). The van der Waals surface area contributed by atoms with Crippen molar-refractivity contribution in [3.05, 3.63) is 23.6 Å². The van der Waals surface area contributed by atoms with Crippen LogP contribution < -0.4 is 10.6 Å². The topological polar surface area (TPSA) is 42.1 Å². The van der Waals surface area contributed by atoms with Gasteiger partial charge in [0.05, 0.1) is 6.20 Å². The molecule has 19 heavy (non-hydrogen) atoms. The fraction of sp³-hybridized carbons (Fsp3) is 0.667. The molecule has 1 aliphatic heterocycles. The van der Waals surface area contributed by atoms with Gasteiger partial charge in [-0.25, -0.2) is 9.37 Å². The van der Waals surface area contributed by atoms with Crippen molar-refractivity contribution in [1.82, 2.24) is 4.98 Å². The minimum atomic E-state index is -0.290. The number of piperidine rings is 1. The van der Waals surface area contributed by atoms with Crippen LogP contribution in [0.2, 0.25) is 0 Å². The average Bonchev–Trinajstić information content (AvgIpc) is 2.46. The number of hydrogen-bond donors (Lipinski definition) is 1. The number of fused-ring (bicyclic) bond motifs is 1. The van der Waals surface area contributed by atoms with Gasteiger partial charge in [-0.15, -0.1) is 0 Å². The van der Waals surface area contributed by atoms with Gasteiger partial charge in [-0.2, -0.15) is 0 Å². The first kappa shape index (κ1) is 12.9. The van der Waals surface area contributed by atoms with E-state index in [9.17, 15) is 4.39 Å². The summed E-state index contributed by atoms with van der Waals surface area (Å²) in [6, 6.07) is 2.13. The lowest BCUT2D eigenvalue weighted by Gasteiger charge is -2.45. The summed E-state index contributed by atoms with van der Waals surface area (Å²) in [6.45, 7) is 1.39. The van der Waals surface area contributed by atoms with Crippen molar-refractivity contribution in [3.63, 3.8) is 0 Å². The molecule has 0 bridgehead atoms. The first-order valence-electron chi connectivity index (χ1n) is 7.40. The molecule has 3 nitrogen and oxygen atoms in total. The SMILES string of the molecule is NCc1cc(F)cnc1N1CCCC2CCCCC21. The number of nitrogens with zero attached hydrogens (tertiary/aromatic N) is 2. The standard InChI is InChI=1S/C15H22FN3/c16-13-8-12(9-17)15(18-10-13)19-7-3-5-11-4-1-2-6-14(11)19/h8,10-11,14H,1-7,9,17H2. The maximum Gasteiger partial charge on any atom is 0.141 e. The quantitative estimate of drug-likeness (QED) is 0.892. The summed E-state index contributed by atoms with van der Waals surface area (Å²) < 4.78 is 13.3. The van der Waals surface area contributed by atoms with Gasteiger partial charge >= 0.3 is 0 Å². The van der Waals surface area contributed by atoms with Crippen LogP contribution >= 0.6 is 0 Å². The summed E-state index contributed by atoms with van der Waals surface area (Å²) in [6.07, 6.45) is 9.10. The second-order valence-electron chi connectivity index (χ2n) is 5.79. The second kappa shape index (κ2) is 5.45. The van der Waals surface area contributed by atoms with Gasteiger partial charge in [-0.05, 0) is 37.7 Å². The van der Waals surface area contributed by atoms with E-state index in [-0.39, 0.29) is 5.82 Å². The predicted octanol–water partition coefficient (Wildman–Crippen LogP) is 2.84. The van der Waals surface area contributed by atoms with Crippen LogP contribution in [0.4, 0.5) is 10.2 Å². The van der Waals surface area contributed by atoms with Crippen LogP contribution in [0.5, 0.6) is 0 Å². The van der Waals surface area contributed by atoms with E-state index in [2.05, 4.69) is 9.88 Å². The zero-order valence-corrected chi connectivity index (χ0v) is 11.3. The highest BCUT2D eigenvalue weighted by Gasteiger charge is 2.34. The third-order valence-electron chi connectivity index (χ3n) is 4.64. The number of anilines is 1. The Kier molecular flexibility index (Phi) is 3.69. The van der Waals surface area contributed by atoms with Gasteiger partial charge in [0.15, 0.2) is 0 Å². The van der Waals surface area contributed by atoms with E-state index < -0.39 is 0 Å². The lowest BCUT2D eigenvalue weighted by Crippen LogP contribution is -2.47. The molecule has 104 valence electrons.